The predicted molar refractivity (Wildman–Crippen MR) is 110 cm³/mol. The molecule has 6 nitrogen and oxygen atoms in total. The Kier molecular flexibility index (Phi) is 5.58. The van der Waals surface area contributed by atoms with Crippen molar-refractivity contribution in [2.24, 2.45) is 0 Å². The van der Waals surface area contributed by atoms with Crippen LogP contribution in [0.5, 0.6) is 0 Å². The van der Waals surface area contributed by atoms with Gasteiger partial charge in [-0.15, -0.1) is 0 Å². The van der Waals surface area contributed by atoms with Crippen molar-refractivity contribution >= 4 is 29.3 Å². The van der Waals surface area contributed by atoms with E-state index in [1.165, 1.54) is 6.07 Å². The highest BCUT2D eigenvalue weighted by Gasteiger charge is 2.37. The van der Waals surface area contributed by atoms with Gasteiger partial charge in [0.1, 0.15) is 12.4 Å². The van der Waals surface area contributed by atoms with Gasteiger partial charge in [0.05, 0.1) is 11.1 Å². The molecule has 0 aliphatic carbocycles. The zero-order chi connectivity index (χ0) is 21.4. The number of rotatable bonds is 4. The number of aryl methyl sites for hydroxylation is 1. The summed E-state index contributed by atoms with van der Waals surface area (Å²) in [6, 6.07) is 9.68. The third kappa shape index (κ3) is 3.82. The molecule has 0 radical (unpaired) electrons. The van der Waals surface area contributed by atoms with E-state index in [1.54, 1.807) is 35.2 Å². The molecule has 8 heteroatoms. The zero-order valence-electron chi connectivity index (χ0n) is 16.5. The maximum atomic E-state index is 14.0. The van der Waals surface area contributed by atoms with E-state index >= 15 is 0 Å². The van der Waals surface area contributed by atoms with Crippen molar-refractivity contribution < 1.29 is 18.8 Å². The second-order valence-corrected chi connectivity index (χ2v) is 8.01. The van der Waals surface area contributed by atoms with Gasteiger partial charge in [-0.25, -0.2) is 4.39 Å². The van der Waals surface area contributed by atoms with E-state index in [-0.39, 0.29) is 18.3 Å². The number of fused-ring (bicyclic) bond motifs is 1. The highest BCUT2D eigenvalue weighted by atomic mass is 35.5. The van der Waals surface area contributed by atoms with Crippen LogP contribution in [0, 0.1) is 12.7 Å². The van der Waals surface area contributed by atoms with Crippen molar-refractivity contribution in [2.75, 3.05) is 32.7 Å². The molecule has 0 aromatic heterocycles. The van der Waals surface area contributed by atoms with Crippen LogP contribution in [-0.4, -0.2) is 65.1 Å². The molecule has 0 bridgehead atoms. The highest BCUT2D eigenvalue weighted by Crippen LogP contribution is 2.24. The molecule has 2 heterocycles. The summed E-state index contributed by atoms with van der Waals surface area (Å²) in [5, 5.41) is 0.384. The van der Waals surface area contributed by atoms with E-state index in [1.807, 2.05) is 11.8 Å². The Bertz CT molecular complexity index is 1010. The van der Waals surface area contributed by atoms with E-state index in [9.17, 15) is 18.8 Å². The number of amides is 3. The third-order valence-corrected chi connectivity index (χ3v) is 5.94. The van der Waals surface area contributed by atoms with Crippen LogP contribution in [0.4, 0.5) is 4.39 Å². The van der Waals surface area contributed by atoms with E-state index in [0.717, 1.165) is 10.5 Å². The van der Waals surface area contributed by atoms with Crippen LogP contribution in [0.25, 0.3) is 0 Å². The number of imide groups is 1. The Balaban J connectivity index is 1.35. The molecule has 156 valence electrons. The summed E-state index contributed by atoms with van der Waals surface area (Å²) in [5.41, 5.74) is 2.01. The number of hydrogen-bond acceptors (Lipinski definition) is 4. The predicted octanol–water partition coefficient (Wildman–Crippen LogP) is 2.73. The van der Waals surface area contributed by atoms with Gasteiger partial charge >= 0.3 is 0 Å². The molecule has 30 heavy (non-hydrogen) atoms. The lowest BCUT2D eigenvalue weighted by Crippen LogP contribution is -2.51. The first-order chi connectivity index (χ1) is 14.3. The molecule has 2 aromatic carbocycles. The monoisotopic (exact) mass is 429 g/mol. The fourth-order valence-corrected chi connectivity index (χ4v) is 4.07. The smallest absolute Gasteiger partial charge is 0.262 e. The largest absolute Gasteiger partial charge is 0.339 e. The van der Waals surface area contributed by atoms with Crippen molar-refractivity contribution in [3.8, 4) is 0 Å². The summed E-state index contributed by atoms with van der Waals surface area (Å²) in [6.07, 6.45) is 0. The number of carbonyl (C=O) groups is 3. The molecule has 0 saturated carbocycles. The van der Waals surface area contributed by atoms with Crippen molar-refractivity contribution in [3.05, 3.63) is 69.5 Å². The molecule has 1 fully saturated rings. The second-order valence-electron chi connectivity index (χ2n) is 7.60. The summed E-state index contributed by atoms with van der Waals surface area (Å²) in [7, 11) is 0. The van der Waals surface area contributed by atoms with Gasteiger partial charge in [0.2, 0.25) is 5.91 Å². The number of carbonyl (C=O) groups excluding carboxylic acids is 3. The SMILES string of the molecule is Cc1ccc2c(c1)C(=O)N(CC(=O)N1CCN(Cc3c(F)cccc3Cl)CC1)C2=O. The molecule has 4 rings (SSSR count). The lowest BCUT2D eigenvalue weighted by atomic mass is 10.1. The first kappa shape index (κ1) is 20.5. The van der Waals surface area contributed by atoms with Crippen LogP contribution in [-0.2, 0) is 11.3 Å². The number of benzene rings is 2. The van der Waals surface area contributed by atoms with Gasteiger partial charge in [-0.3, -0.25) is 24.2 Å². The van der Waals surface area contributed by atoms with Crippen LogP contribution in [0.15, 0.2) is 36.4 Å². The minimum Gasteiger partial charge on any atom is -0.339 e. The van der Waals surface area contributed by atoms with Gasteiger partial charge in [0, 0.05) is 43.3 Å². The molecule has 1 saturated heterocycles. The van der Waals surface area contributed by atoms with Crippen LogP contribution in [0.2, 0.25) is 5.02 Å². The van der Waals surface area contributed by atoms with E-state index in [2.05, 4.69) is 0 Å². The van der Waals surface area contributed by atoms with Crippen LogP contribution in [0.1, 0.15) is 31.8 Å². The van der Waals surface area contributed by atoms with E-state index in [0.29, 0.717) is 54.4 Å². The summed E-state index contributed by atoms with van der Waals surface area (Å²) < 4.78 is 14.0. The molecular weight excluding hydrogens is 409 g/mol. The minimum absolute atomic E-state index is 0.273. The Morgan fingerprint density at radius 1 is 1.03 bits per heavy atom. The summed E-state index contributed by atoms with van der Waals surface area (Å²) in [4.78, 5) is 42.5. The Hall–Kier alpha value is -2.77. The summed E-state index contributed by atoms with van der Waals surface area (Å²) in [5.74, 6) is -1.48. The van der Waals surface area contributed by atoms with Gasteiger partial charge in [0.25, 0.3) is 11.8 Å². The first-order valence-corrected chi connectivity index (χ1v) is 10.1. The maximum absolute atomic E-state index is 14.0. The quantitative estimate of drug-likeness (QED) is 0.701. The van der Waals surface area contributed by atoms with Gasteiger partial charge in [-0.05, 0) is 31.2 Å². The van der Waals surface area contributed by atoms with E-state index < -0.39 is 11.8 Å². The molecule has 0 unspecified atom stereocenters. The lowest BCUT2D eigenvalue weighted by molar-refractivity contribution is -0.133. The maximum Gasteiger partial charge on any atom is 0.262 e. The van der Waals surface area contributed by atoms with Crippen LogP contribution < -0.4 is 0 Å². The molecule has 2 aliphatic rings. The zero-order valence-corrected chi connectivity index (χ0v) is 17.3. The first-order valence-electron chi connectivity index (χ1n) is 9.75. The fourth-order valence-electron chi connectivity index (χ4n) is 3.85. The normalized spacial score (nSPS) is 16.9. The fraction of sp³-hybridized carbons (Fsp3) is 0.318. The number of halogens is 2. The van der Waals surface area contributed by atoms with Crippen molar-refractivity contribution in [3.63, 3.8) is 0 Å². The standard InChI is InChI=1S/C22H21ClFN3O3/c1-14-5-6-15-16(11-14)22(30)27(21(15)29)13-20(28)26-9-7-25(8-10-26)12-17-18(23)3-2-4-19(17)24/h2-6,11H,7-10,12-13H2,1H3. The molecule has 0 atom stereocenters. The average Bonchev–Trinajstić information content (AvgIpc) is 2.95. The Morgan fingerprint density at radius 3 is 2.43 bits per heavy atom. The highest BCUT2D eigenvalue weighted by molar-refractivity contribution is 6.31. The van der Waals surface area contributed by atoms with Crippen molar-refractivity contribution in [1.29, 1.82) is 0 Å². The van der Waals surface area contributed by atoms with E-state index in [4.69, 9.17) is 11.6 Å². The topological polar surface area (TPSA) is 60.9 Å². The number of nitrogens with zero attached hydrogens (tertiary/aromatic N) is 3. The minimum atomic E-state index is -0.434. The third-order valence-electron chi connectivity index (χ3n) is 5.59. The van der Waals surface area contributed by atoms with Gasteiger partial charge in [-0.2, -0.15) is 0 Å². The summed E-state index contributed by atoms with van der Waals surface area (Å²) in [6.45, 7) is 3.92. The molecular formula is C22H21ClFN3O3. The second kappa shape index (κ2) is 8.16. The van der Waals surface area contributed by atoms with Crippen LogP contribution in [0.3, 0.4) is 0 Å². The number of hydrogen-bond donors (Lipinski definition) is 0. The van der Waals surface area contributed by atoms with Gasteiger partial charge in [0.15, 0.2) is 0 Å². The Labute approximate surface area is 178 Å². The number of piperazine rings is 1. The lowest BCUT2D eigenvalue weighted by Gasteiger charge is -2.35. The van der Waals surface area contributed by atoms with Crippen molar-refractivity contribution in [2.45, 2.75) is 13.5 Å². The Morgan fingerprint density at radius 2 is 1.73 bits per heavy atom. The average molecular weight is 430 g/mol. The molecule has 0 N–H and O–H groups in total. The van der Waals surface area contributed by atoms with Crippen molar-refractivity contribution in [1.82, 2.24) is 14.7 Å². The molecule has 2 aromatic rings. The van der Waals surface area contributed by atoms with Crippen LogP contribution >= 0.6 is 11.6 Å². The molecule has 2 aliphatic heterocycles. The van der Waals surface area contributed by atoms with Gasteiger partial charge < -0.3 is 4.90 Å². The molecule has 3 amide bonds. The molecule has 0 spiro atoms. The van der Waals surface area contributed by atoms with Gasteiger partial charge in [-0.1, -0.05) is 29.3 Å². The summed E-state index contributed by atoms with van der Waals surface area (Å²) >= 11 is 6.10.